The molecule has 0 saturated carbocycles. The van der Waals surface area contributed by atoms with Crippen LogP contribution in [0.25, 0.3) is 12.2 Å². The molecule has 1 heterocycles. The molecule has 0 bridgehead atoms. The van der Waals surface area contributed by atoms with Crippen LogP contribution >= 0.6 is 0 Å². The summed E-state index contributed by atoms with van der Waals surface area (Å²) in [6.45, 7) is 0. The third kappa shape index (κ3) is 2.92. The topological polar surface area (TPSA) is 98.3 Å². The van der Waals surface area contributed by atoms with Gasteiger partial charge in [-0.15, -0.1) is 0 Å². The zero-order valence-corrected chi connectivity index (χ0v) is 10.1. The standard InChI is InChI=1S/C13H12N2O4/c1-19-12-6-8(3-5-11(12)16)2-4-9-7-10(13(17)18)15-14-9/h2-7,16H,1H3,(H,14,15)(H,17,18)/p-1/b4-2+. The number of aromatic amines is 1. The fourth-order valence-electron chi connectivity index (χ4n) is 1.51. The number of hydrogen-bond acceptors (Lipinski definition) is 4. The van der Waals surface area contributed by atoms with Gasteiger partial charge in [-0.25, -0.2) is 4.79 Å². The Morgan fingerprint density at radius 2 is 2.21 bits per heavy atom. The molecule has 0 aliphatic rings. The predicted octanol–water partition coefficient (Wildman–Crippen LogP) is 1.36. The quantitative estimate of drug-likeness (QED) is 0.863. The number of methoxy groups -OCH3 is 1. The summed E-state index contributed by atoms with van der Waals surface area (Å²) in [4.78, 5) is 10.7. The summed E-state index contributed by atoms with van der Waals surface area (Å²) in [6.07, 6.45) is 3.39. The van der Waals surface area contributed by atoms with Crippen LogP contribution in [0.2, 0.25) is 0 Å². The number of benzene rings is 1. The highest BCUT2D eigenvalue weighted by molar-refractivity contribution is 5.86. The van der Waals surface area contributed by atoms with Gasteiger partial charge in [-0.2, -0.15) is 5.10 Å². The van der Waals surface area contributed by atoms with Crippen molar-refractivity contribution in [3.63, 3.8) is 0 Å². The van der Waals surface area contributed by atoms with Crippen molar-refractivity contribution >= 4 is 18.1 Å². The minimum Gasteiger partial charge on any atom is -0.870 e. The lowest BCUT2D eigenvalue weighted by molar-refractivity contribution is -0.270. The van der Waals surface area contributed by atoms with Gasteiger partial charge < -0.3 is 14.9 Å². The van der Waals surface area contributed by atoms with E-state index in [2.05, 4.69) is 10.2 Å². The Morgan fingerprint density at radius 1 is 1.42 bits per heavy atom. The van der Waals surface area contributed by atoms with E-state index in [1.807, 2.05) is 0 Å². The number of hydrogen-bond donors (Lipinski definition) is 2. The third-order valence-electron chi connectivity index (χ3n) is 2.46. The summed E-state index contributed by atoms with van der Waals surface area (Å²) in [5, 5.41) is 26.3. The van der Waals surface area contributed by atoms with Crippen LogP contribution in [-0.4, -0.2) is 28.4 Å². The highest BCUT2D eigenvalue weighted by atomic mass is 16.5. The Labute approximate surface area is 109 Å². The number of carboxylic acids is 1. The van der Waals surface area contributed by atoms with Crippen LogP contribution in [0.15, 0.2) is 24.3 Å². The Morgan fingerprint density at radius 3 is 2.84 bits per heavy atom. The van der Waals surface area contributed by atoms with Gasteiger partial charge in [0.1, 0.15) is 5.75 Å². The van der Waals surface area contributed by atoms with Crippen LogP contribution in [-0.2, 0) is 0 Å². The molecule has 1 aromatic heterocycles. The number of aromatic carboxylic acids is 1. The van der Waals surface area contributed by atoms with Crippen molar-refractivity contribution in [1.82, 2.24) is 10.2 Å². The molecule has 0 unspecified atom stereocenters. The van der Waals surface area contributed by atoms with Crippen molar-refractivity contribution < 1.29 is 19.7 Å². The van der Waals surface area contributed by atoms with Gasteiger partial charge in [-0.1, -0.05) is 24.0 Å². The number of carbonyl (C=O) groups is 1. The minimum absolute atomic E-state index is 0.0489. The first-order chi connectivity index (χ1) is 9.10. The van der Waals surface area contributed by atoms with Crippen LogP contribution in [0.1, 0.15) is 21.7 Å². The number of aromatic nitrogens is 2. The molecule has 98 valence electrons. The van der Waals surface area contributed by atoms with E-state index in [1.54, 1.807) is 24.3 Å². The SMILES string of the molecule is COc1cc(/C=C/c2cc(C(=O)O)n[nH]2)ccc1[O-]. The molecule has 0 fully saturated rings. The second-order valence-corrected chi connectivity index (χ2v) is 3.76. The van der Waals surface area contributed by atoms with Crippen LogP contribution < -0.4 is 9.84 Å². The third-order valence-corrected chi connectivity index (χ3v) is 2.46. The van der Waals surface area contributed by atoms with Crippen LogP contribution in [0, 0.1) is 0 Å². The lowest BCUT2D eigenvalue weighted by Crippen LogP contribution is -1.95. The van der Waals surface area contributed by atoms with Crippen molar-refractivity contribution in [3.8, 4) is 11.5 Å². The summed E-state index contributed by atoms with van der Waals surface area (Å²) in [5.41, 5.74) is 1.28. The molecule has 0 radical (unpaired) electrons. The van der Waals surface area contributed by atoms with E-state index in [-0.39, 0.29) is 17.2 Å². The maximum atomic E-state index is 11.3. The lowest BCUT2D eigenvalue weighted by Gasteiger charge is -2.11. The van der Waals surface area contributed by atoms with E-state index in [0.29, 0.717) is 5.69 Å². The van der Waals surface area contributed by atoms with Crippen molar-refractivity contribution in [2.45, 2.75) is 0 Å². The van der Waals surface area contributed by atoms with Crippen LogP contribution in [0.3, 0.4) is 0 Å². The molecular weight excluding hydrogens is 248 g/mol. The predicted molar refractivity (Wildman–Crippen MR) is 66.9 cm³/mol. The lowest BCUT2D eigenvalue weighted by atomic mass is 10.1. The molecule has 2 N–H and O–H groups in total. The van der Waals surface area contributed by atoms with E-state index in [0.717, 1.165) is 5.56 Å². The summed E-state index contributed by atoms with van der Waals surface area (Å²) in [5.74, 6) is -1.01. The number of rotatable bonds is 4. The monoisotopic (exact) mass is 259 g/mol. The molecule has 2 aromatic rings. The number of carboxylic acid groups (broad SMARTS) is 1. The molecule has 0 aliphatic carbocycles. The molecule has 0 saturated heterocycles. The normalized spacial score (nSPS) is 10.8. The number of ether oxygens (including phenoxy) is 1. The van der Waals surface area contributed by atoms with Gasteiger partial charge in [0.05, 0.1) is 12.8 Å². The van der Waals surface area contributed by atoms with Crippen molar-refractivity contribution in [1.29, 1.82) is 0 Å². The number of H-pyrrole nitrogens is 1. The van der Waals surface area contributed by atoms with E-state index in [4.69, 9.17) is 9.84 Å². The zero-order valence-electron chi connectivity index (χ0n) is 10.1. The average Bonchev–Trinajstić information content (AvgIpc) is 2.87. The number of nitrogens with zero attached hydrogens (tertiary/aromatic N) is 1. The summed E-state index contributed by atoms with van der Waals surface area (Å²) in [7, 11) is 1.43. The largest absolute Gasteiger partial charge is 0.870 e. The van der Waals surface area contributed by atoms with E-state index >= 15 is 0 Å². The molecular formula is C13H11N2O4-. The fraction of sp³-hybridized carbons (Fsp3) is 0.0769. The first-order valence-electron chi connectivity index (χ1n) is 5.42. The van der Waals surface area contributed by atoms with Crippen LogP contribution in [0.5, 0.6) is 11.5 Å². The van der Waals surface area contributed by atoms with Crippen LogP contribution in [0.4, 0.5) is 0 Å². The second-order valence-electron chi connectivity index (χ2n) is 3.76. The molecule has 0 amide bonds. The molecule has 1 aromatic carbocycles. The Balaban J connectivity index is 2.19. The van der Waals surface area contributed by atoms with E-state index in [1.165, 1.54) is 19.2 Å². The minimum atomic E-state index is -1.09. The smallest absolute Gasteiger partial charge is 0.356 e. The second kappa shape index (κ2) is 5.26. The molecule has 0 atom stereocenters. The highest BCUT2D eigenvalue weighted by Gasteiger charge is 2.05. The highest BCUT2D eigenvalue weighted by Crippen LogP contribution is 2.24. The maximum absolute atomic E-state index is 11.3. The van der Waals surface area contributed by atoms with Gasteiger partial charge in [-0.3, -0.25) is 5.10 Å². The molecule has 2 rings (SSSR count). The van der Waals surface area contributed by atoms with Gasteiger partial charge in [0.2, 0.25) is 0 Å². The number of nitrogens with one attached hydrogen (secondary N) is 1. The van der Waals surface area contributed by atoms with Crippen molar-refractivity contribution in [2.24, 2.45) is 0 Å². The van der Waals surface area contributed by atoms with Gasteiger partial charge >= 0.3 is 5.97 Å². The Kier molecular flexibility index (Phi) is 3.51. The van der Waals surface area contributed by atoms with Gasteiger partial charge in [0.15, 0.2) is 5.69 Å². The zero-order chi connectivity index (χ0) is 13.8. The van der Waals surface area contributed by atoms with E-state index < -0.39 is 5.97 Å². The first kappa shape index (κ1) is 12.7. The molecule has 0 spiro atoms. The van der Waals surface area contributed by atoms with Crippen molar-refractivity contribution in [3.05, 3.63) is 41.2 Å². The summed E-state index contributed by atoms with van der Waals surface area (Å²) >= 11 is 0. The average molecular weight is 259 g/mol. The molecule has 6 nitrogen and oxygen atoms in total. The first-order valence-corrected chi connectivity index (χ1v) is 5.42. The molecule has 19 heavy (non-hydrogen) atoms. The fourth-order valence-corrected chi connectivity index (χ4v) is 1.51. The molecule has 6 heteroatoms. The van der Waals surface area contributed by atoms with Gasteiger partial charge in [0, 0.05) is 0 Å². The summed E-state index contributed by atoms with van der Waals surface area (Å²) in [6, 6.07) is 6.08. The summed E-state index contributed by atoms with van der Waals surface area (Å²) < 4.78 is 4.93. The van der Waals surface area contributed by atoms with Gasteiger partial charge in [0.25, 0.3) is 0 Å². The Hall–Kier alpha value is -2.76. The van der Waals surface area contributed by atoms with Crippen molar-refractivity contribution in [2.75, 3.05) is 7.11 Å². The van der Waals surface area contributed by atoms with Gasteiger partial charge in [-0.05, 0) is 23.8 Å². The maximum Gasteiger partial charge on any atom is 0.356 e. The molecule has 0 aliphatic heterocycles. The van der Waals surface area contributed by atoms with E-state index in [9.17, 15) is 9.90 Å². The Bertz CT molecular complexity index is 631.